The number of quaternary nitrogens is 1. The van der Waals surface area contributed by atoms with Gasteiger partial charge in [0.25, 0.3) is 0 Å². The van der Waals surface area contributed by atoms with Crippen LogP contribution in [-0.2, 0) is 32.7 Å². The van der Waals surface area contributed by atoms with Gasteiger partial charge in [0, 0.05) is 12.8 Å². The molecule has 0 aliphatic heterocycles. The Morgan fingerprint density at radius 3 is 1.54 bits per heavy atom. The quantitative estimate of drug-likeness (QED) is 0.0218. The van der Waals surface area contributed by atoms with Gasteiger partial charge in [-0.05, 0) is 44.9 Å². The highest BCUT2D eigenvalue weighted by Crippen LogP contribution is 2.43. The van der Waals surface area contributed by atoms with Crippen LogP contribution < -0.4 is 0 Å². The molecule has 0 fully saturated rings. The van der Waals surface area contributed by atoms with E-state index in [9.17, 15) is 19.0 Å². The Hall–Kier alpha value is -1.51. The van der Waals surface area contributed by atoms with Crippen molar-refractivity contribution in [3.8, 4) is 0 Å². The van der Waals surface area contributed by atoms with Crippen molar-refractivity contribution in [2.75, 3.05) is 47.5 Å². The molecule has 0 amide bonds. The number of phosphoric acid groups is 1. The van der Waals surface area contributed by atoms with Gasteiger partial charge in [0.1, 0.15) is 19.8 Å². The number of carbonyl (C=O) groups is 2. The smallest absolute Gasteiger partial charge is 0.462 e. The molecule has 0 aromatic heterocycles. The van der Waals surface area contributed by atoms with Crippen molar-refractivity contribution in [3.63, 3.8) is 0 Å². The minimum atomic E-state index is -4.37. The number of phosphoric ester groups is 1. The highest BCUT2D eigenvalue weighted by atomic mass is 31.2. The van der Waals surface area contributed by atoms with Crippen LogP contribution in [0.5, 0.6) is 0 Å². The van der Waals surface area contributed by atoms with Gasteiger partial charge in [-0.3, -0.25) is 18.6 Å². The predicted octanol–water partition coefficient (Wildman–Crippen LogP) is 11.6. The van der Waals surface area contributed by atoms with Gasteiger partial charge in [-0.1, -0.05) is 147 Å². The molecule has 0 saturated heterocycles. The lowest BCUT2D eigenvalue weighted by atomic mass is 10.0. The van der Waals surface area contributed by atoms with Crippen LogP contribution in [0.25, 0.3) is 0 Å². The number of ether oxygens (including phenoxy) is 2. The molecule has 1 N–H and O–H groups in total. The van der Waals surface area contributed by atoms with Gasteiger partial charge in [-0.25, -0.2) is 4.57 Å². The van der Waals surface area contributed by atoms with Crippen LogP contribution in [0.2, 0.25) is 0 Å². The van der Waals surface area contributed by atoms with Gasteiger partial charge in [-0.2, -0.15) is 0 Å². The van der Waals surface area contributed by atoms with E-state index in [1.54, 1.807) is 0 Å². The molecule has 0 aliphatic rings. The molecule has 0 spiro atoms. The number of likely N-dealkylation sites (N-methyl/N-ethyl adjacent to an activating group) is 1. The number of rotatable bonds is 38. The maximum atomic E-state index is 12.7. The summed E-state index contributed by atoms with van der Waals surface area (Å²) in [6.45, 7) is 4.39. The van der Waals surface area contributed by atoms with E-state index in [-0.39, 0.29) is 32.0 Å². The van der Waals surface area contributed by atoms with Crippen LogP contribution in [0, 0.1) is 0 Å². The van der Waals surface area contributed by atoms with E-state index in [0.717, 1.165) is 57.8 Å². The summed E-state index contributed by atoms with van der Waals surface area (Å²) in [5.74, 6) is -0.811. The number of hydrogen-bond donors (Lipinski definition) is 1. The van der Waals surface area contributed by atoms with Crippen molar-refractivity contribution in [2.45, 2.75) is 187 Å². The Morgan fingerprint density at radius 1 is 0.596 bits per heavy atom. The minimum Gasteiger partial charge on any atom is -0.462 e. The Bertz CT molecular complexity index is 949. The predicted molar refractivity (Wildman–Crippen MR) is 215 cm³/mol. The van der Waals surface area contributed by atoms with E-state index in [4.69, 9.17) is 18.5 Å². The maximum Gasteiger partial charge on any atom is 0.472 e. The Morgan fingerprint density at radius 2 is 1.04 bits per heavy atom. The van der Waals surface area contributed by atoms with Crippen LogP contribution >= 0.6 is 7.82 Å². The molecule has 2 atom stereocenters. The molecule has 0 rings (SSSR count). The third-order valence-corrected chi connectivity index (χ3v) is 9.97. The van der Waals surface area contributed by atoms with Crippen LogP contribution in [0.3, 0.4) is 0 Å². The summed E-state index contributed by atoms with van der Waals surface area (Å²) in [5, 5.41) is 0. The zero-order chi connectivity index (χ0) is 38.6. The van der Waals surface area contributed by atoms with Crippen molar-refractivity contribution in [3.05, 3.63) is 24.3 Å². The monoisotopic (exact) mass is 759 g/mol. The van der Waals surface area contributed by atoms with E-state index in [2.05, 4.69) is 38.2 Å². The first-order valence-electron chi connectivity index (χ1n) is 21.1. The third-order valence-electron chi connectivity index (χ3n) is 8.98. The van der Waals surface area contributed by atoms with Gasteiger partial charge in [-0.15, -0.1) is 0 Å². The van der Waals surface area contributed by atoms with E-state index < -0.39 is 26.5 Å². The number of unbranched alkanes of at least 4 members (excludes halogenated alkanes) is 20. The average molecular weight is 759 g/mol. The SMILES string of the molecule is CCCCCC/C=C\C/C=C\CCCCCCCC(=O)OC(COC(=O)CCCCCCCCCCCCCC)COP(=O)(O)OCC[N+](C)(C)C. The zero-order valence-electron chi connectivity index (χ0n) is 34.3. The topological polar surface area (TPSA) is 108 Å². The van der Waals surface area contributed by atoms with Crippen LogP contribution in [0.15, 0.2) is 24.3 Å². The van der Waals surface area contributed by atoms with Gasteiger partial charge >= 0.3 is 19.8 Å². The second-order valence-corrected chi connectivity index (χ2v) is 16.8. The highest BCUT2D eigenvalue weighted by molar-refractivity contribution is 7.47. The average Bonchev–Trinajstić information content (AvgIpc) is 3.09. The number of nitrogens with zero attached hydrogens (tertiary/aromatic N) is 1. The van der Waals surface area contributed by atoms with E-state index in [0.29, 0.717) is 17.4 Å². The lowest BCUT2D eigenvalue weighted by molar-refractivity contribution is -0.870. The van der Waals surface area contributed by atoms with Crippen molar-refractivity contribution in [1.29, 1.82) is 0 Å². The molecule has 0 heterocycles. The molecule has 0 aromatic carbocycles. The van der Waals surface area contributed by atoms with Crippen LogP contribution in [-0.4, -0.2) is 74.9 Å². The summed E-state index contributed by atoms with van der Waals surface area (Å²) in [7, 11) is 1.47. The van der Waals surface area contributed by atoms with Crippen LogP contribution in [0.1, 0.15) is 181 Å². The Labute approximate surface area is 319 Å². The lowest BCUT2D eigenvalue weighted by Crippen LogP contribution is -2.37. The van der Waals surface area contributed by atoms with Crippen LogP contribution in [0.4, 0.5) is 0 Å². The maximum absolute atomic E-state index is 12.7. The summed E-state index contributed by atoms with van der Waals surface area (Å²) >= 11 is 0. The van der Waals surface area contributed by atoms with Gasteiger partial charge in [0.2, 0.25) is 0 Å². The summed E-state index contributed by atoms with van der Waals surface area (Å²) in [4.78, 5) is 35.3. The lowest BCUT2D eigenvalue weighted by Gasteiger charge is -2.24. The van der Waals surface area contributed by atoms with Gasteiger partial charge in [0.15, 0.2) is 6.10 Å². The molecule has 0 aliphatic carbocycles. The van der Waals surface area contributed by atoms with E-state index in [1.165, 1.54) is 89.9 Å². The minimum absolute atomic E-state index is 0.0304. The Balaban J connectivity index is 4.41. The van der Waals surface area contributed by atoms with E-state index >= 15 is 0 Å². The molecule has 0 bridgehead atoms. The molecular formula is C42H81NO8P+. The molecule has 0 saturated carbocycles. The van der Waals surface area contributed by atoms with Crippen molar-refractivity contribution < 1.29 is 42.1 Å². The zero-order valence-corrected chi connectivity index (χ0v) is 35.2. The fourth-order valence-electron chi connectivity index (χ4n) is 5.63. The van der Waals surface area contributed by atoms with Crippen molar-refractivity contribution in [2.24, 2.45) is 0 Å². The highest BCUT2D eigenvalue weighted by Gasteiger charge is 2.27. The fraction of sp³-hybridized carbons (Fsp3) is 0.857. The molecule has 9 nitrogen and oxygen atoms in total. The first-order chi connectivity index (χ1) is 25.0. The normalized spacial score (nSPS) is 13.9. The van der Waals surface area contributed by atoms with Crippen molar-refractivity contribution >= 4 is 19.8 Å². The molecule has 0 radical (unpaired) electrons. The third kappa shape index (κ3) is 38.2. The number of allylic oxidation sites excluding steroid dienone is 4. The molecule has 2 unspecified atom stereocenters. The summed E-state index contributed by atoms with van der Waals surface area (Å²) in [6, 6.07) is 0. The largest absolute Gasteiger partial charge is 0.472 e. The van der Waals surface area contributed by atoms with Gasteiger partial charge in [0.05, 0.1) is 27.7 Å². The molecule has 52 heavy (non-hydrogen) atoms. The summed E-state index contributed by atoms with van der Waals surface area (Å²) in [5.41, 5.74) is 0. The second kappa shape index (κ2) is 35.2. The first-order valence-corrected chi connectivity index (χ1v) is 22.6. The number of esters is 2. The second-order valence-electron chi connectivity index (χ2n) is 15.4. The first kappa shape index (κ1) is 50.5. The van der Waals surface area contributed by atoms with Crippen molar-refractivity contribution in [1.82, 2.24) is 0 Å². The van der Waals surface area contributed by atoms with E-state index in [1.807, 2.05) is 21.1 Å². The standard InChI is InChI=1S/C42H80NO8P/c1-6-8-10-12-14-16-18-20-21-22-23-25-27-29-31-33-35-42(45)51-40(39-50-52(46,47)49-37-36-43(3,4)5)38-48-41(44)34-32-30-28-26-24-19-17-15-13-11-9-7-2/h16,18,21-22,40H,6-15,17,19-20,23-39H2,1-5H3/p+1/b18-16-,22-21-. The number of hydrogen-bond acceptors (Lipinski definition) is 7. The molecule has 0 aromatic rings. The molecular weight excluding hydrogens is 677 g/mol. The fourth-order valence-corrected chi connectivity index (χ4v) is 6.37. The summed E-state index contributed by atoms with van der Waals surface area (Å²) in [6.07, 6.45) is 36.4. The van der Waals surface area contributed by atoms with Gasteiger partial charge < -0.3 is 18.9 Å². The summed E-state index contributed by atoms with van der Waals surface area (Å²) < 4.78 is 34.2. The Kier molecular flexibility index (Phi) is 34.2. The number of carbonyl (C=O) groups excluding carboxylic acids is 2. The molecule has 10 heteroatoms. The molecule has 306 valence electrons.